The molecule has 4 heteroatoms. The van der Waals surface area contributed by atoms with E-state index in [1.165, 1.54) is 10.4 Å². The Hall–Kier alpha value is -0.710. The minimum Gasteiger partial charge on any atom is -0.308 e. The van der Waals surface area contributed by atoms with Gasteiger partial charge in [0.15, 0.2) is 0 Å². The zero-order valence-electron chi connectivity index (χ0n) is 10.8. The molecule has 0 amide bonds. The van der Waals surface area contributed by atoms with Crippen LogP contribution < -0.4 is 5.32 Å². The van der Waals surface area contributed by atoms with Crippen molar-refractivity contribution in [1.82, 2.24) is 10.3 Å². The van der Waals surface area contributed by atoms with Crippen LogP contribution in [0.1, 0.15) is 24.5 Å². The van der Waals surface area contributed by atoms with Crippen molar-refractivity contribution < 1.29 is 0 Å². The van der Waals surface area contributed by atoms with Crippen molar-refractivity contribution in [1.29, 1.82) is 0 Å². The normalized spacial score (nSPS) is 11.2. The van der Waals surface area contributed by atoms with Crippen molar-refractivity contribution >= 4 is 27.3 Å². The maximum atomic E-state index is 4.63. The standard InChI is InChI=1S/C14H17BrN2S/c1-9(2)16-8-13-17-10(3)14(18-13)11-4-6-12(15)7-5-11/h4-7,9,16H,8H2,1-3H3. The summed E-state index contributed by atoms with van der Waals surface area (Å²) in [7, 11) is 0. The fourth-order valence-electron chi connectivity index (χ4n) is 1.69. The van der Waals surface area contributed by atoms with E-state index in [2.05, 4.69) is 71.3 Å². The Labute approximate surface area is 121 Å². The molecule has 0 radical (unpaired) electrons. The Morgan fingerprint density at radius 2 is 1.94 bits per heavy atom. The van der Waals surface area contributed by atoms with Gasteiger partial charge in [-0.25, -0.2) is 4.98 Å². The van der Waals surface area contributed by atoms with Crippen molar-refractivity contribution in [3.05, 3.63) is 39.4 Å². The molecule has 0 aliphatic carbocycles. The average Bonchev–Trinajstić information content (AvgIpc) is 2.69. The second-order valence-corrected chi connectivity index (χ2v) is 6.56. The van der Waals surface area contributed by atoms with E-state index in [1.54, 1.807) is 11.3 Å². The lowest BCUT2D eigenvalue weighted by atomic mass is 10.2. The van der Waals surface area contributed by atoms with E-state index in [0.717, 1.165) is 21.7 Å². The number of hydrogen-bond acceptors (Lipinski definition) is 3. The van der Waals surface area contributed by atoms with Crippen LogP contribution in [0, 0.1) is 6.92 Å². The summed E-state index contributed by atoms with van der Waals surface area (Å²) in [6.45, 7) is 7.22. The van der Waals surface area contributed by atoms with Gasteiger partial charge in [-0.3, -0.25) is 0 Å². The Morgan fingerprint density at radius 1 is 1.28 bits per heavy atom. The van der Waals surface area contributed by atoms with Gasteiger partial charge in [0.05, 0.1) is 10.6 Å². The molecule has 0 fully saturated rings. The molecule has 2 rings (SSSR count). The third-order valence-corrected chi connectivity index (χ3v) is 4.34. The van der Waals surface area contributed by atoms with Crippen molar-refractivity contribution in [3.8, 4) is 10.4 Å². The van der Waals surface area contributed by atoms with Crippen molar-refractivity contribution in [2.45, 2.75) is 33.4 Å². The van der Waals surface area contributed by atoms with E-state index >= 15 is 0 Å². The molecule has 0 saturated heterocycles. The molecule has 0 unspecified atom stereocenters. The summed E-state index contributed by atoms with van der Waals surface area (Å²) in [5.41, 5.74) is 2.35. The molecule has 0 saturated carbocycles. The van der Waals surface area contributed by atoms with Crippen LogP contribution in [-0.4, -0.2) is 11.0 Å². The molecule has 1 heterocycles. The predicted molar refractivity (Wildman–Crippen MR) is 82.0 cm³/mol. The van der Waals surface area contributed by atoms with Gasteiger partial charge in [0.1, 0.15) is 5.01 Å². The number of rotatable bonds is 4. The van der Waals surface area contributed by atoms with Gasteiger partial charge in [0.25, 0.3) is 0 Å². The van der Waals surface area contributed by atoms with Gasteiger partial charge in [-0.2, -0.15) is 0 Å². The summed E-state index contributed by atoms with van der Waals surface area (Å²) in [6.07, 6.45) is 0. The molecule has 0 atom stereocenters. The number of nitrogens with one attached hydrogen (secondary N) is 1. The highest BCUT2D eigenvalue weighted by Gasteiger charge is 2.09. The SMILES string of the molecule is Cc1nc(CNC(C)C)sc1-c1ccc(Br)cc1. The van der Waals surface area contributed by atoms with Gasteiger partial charge in [0, 0.05) is 17.1 Å². The zero-order valence-corrected chi connectivity index (χ0v) is 13.2. The third kappa shape index (κ3) is 3.40. The number of hydrogen-bond donors (Lipinski definition) is 1. The number of aryl methyl sites for hydroxylation is 1. The van der Waals surface area contributed by atoms with Crippen LogP contribution in [0.5, 0.6) is 0 Å². The van der Waals surface area contributed by atoms with Crippen molar-refractivity contribution in [3.63, 3.8) is 0 Å². The smallest absolute Gasteiger partial charge is 0.107 e. The van der Waals surface area contributed by atoms with Crippen LogP contribution in [0.3, 0.4) is 0 Å². The lowest BCUT2D eigenvalue weighted by molar-refractivity contribution is 0.587. The van der Waals surface area contributed by atoms with Crippen LogP contribution >= 0.6 is 27.3 Å². The molecule has 1 N–H and O–H groups in total. The summed E-state index contributed by atoms with van der Waals surface area (Å²) in [5.74, 6) is 0. The quantitative estimate of drug-likeness (QED) is 0.902. The van der Waals surface area contributed by atoms with Crippen molar-refractivity contribution in [2.75, 3.05) is 0 Å². The van der Waals surface area contributed by atoms with E-state index < -0.39 is 0 Å². The highest BCUT2D eigenvalue weighted by atomic mass is 79.9. The number of aromatic nitrogens is 1. The van der Waals surface area contributed by atoms with Crippen LogP contribution in [0.4, 0.5) is 0 Å². The largest absolute Gasteiger partial charge is 0.308 e. The zero-order chi connectivity index (χ0) is 13.1. The molecule has 96 valence electrons. The fourth-order valence-corrected chi connectivity index (χ4v) is 2.97. The maximum Gasteiger partial charge on any atom is 0.107 e. The van der Waals surface area contributed by atoms with E-state index in [4.69, 9.17) is 0 Å². The first-order valence-corrected chi connectivity index (χ1v) is 7.63. The Bertz CT molecular complexity index is 517. The van der Waals surface area contributed by atoms with Gasteiger partial charge in [-0.15, -0.1) is 11.3 Å². The molecule has 2 nitrogen and oxygen atoms in total. The minimum atomic E-state index is 0.491. The van der Waals surface area contributed by atoms with Crippen LogP contribution in [0.2, 0.25) is 0 Å². The first-order valence-electron chi connectivity index (χ1n) is 6.02. The molecule has 2 aromatic rings. The second kappa shape index (κ2) is 5.95. The van der Waals surface area contributed by atoms with Crippen LogP contribution in [0.25, 0.3) is 10.4 Å². The molecular weight excluding hydrogens is 308 g/mol. The van der Waals surface area contributed by atoms with Gasteiger partial charge in [0.2, 0.25) is 0 Å². The predicted octanol–water partition coefficient (Wildman–Crippen LogP) is 4.38. The molecular formula is C14H17BrN2S. The van der Waals surface area contributed by atoms with E-state index in [9.17, 15) is 0 Å². The lowest BCUT2D eigenvalue weighted by Gasteiger charge is -2.04. The number of halogens is 1. The highest BCUT2D eigenvalue weighted by molar-refractivity contribution is 9.10. The Balaban J connectivity index is 2.21. The fraction of sp³-hybridized carbons (Fsp3) is 0.357. The summed E-state index contributed by atoms with van der Waals surface area (Å²) in [4.78, 5) is 5.89. The number of benzene rings is 1. The minimum absolute atomic E-state index is 0.491. The van der Waals surface area contributed by atoms with Crippen LogP contribution in [0.15, 0.2) is 28.7 Å². The molecule has 1 aromatic heterocycles. The first-order chi connectivity index (χ1) is 8.56. The summed E-state index contributed by atoms with van der Waals surface area (Å²) in [5, 5.41) is 4.56. The van der Waals surface area contributed by atoms with E-state index in [-0.39, 0.29) is 0 Å². The third-order valence-electron chi connectivity index (χ3n) is 2.61. The molecule has 1 aromatic carbocycles. The second-order valence-electron chi connectivity index (χ2n) is 4.56. The Morgan fingerprint density at radius 3 is 2.56 bits per heavy atom. The molecule has 0 spiro atoms. The molecule has 0 aliphatic rings. The monoisotopic (exact) mass is 324 g/mol. The van der Waals surface area contributed by atoms with Gasteiger partial charge in [-0.1, -0.05) is 41.9 Å². The lowest BCUT2D eigenvalue weighted by Crippen LogP contribution is -2.21. The number of nitrogens with zero attached hydrogens (tertiary/aromatic N) is 1. The summed E-state index contributed by atoms with van der Waals surface area (Å²) >= 11 is 5.23. The summed E-state index contributed by atoms with van der Waals surface area (Å²) in [6, 6.07) is 8.89. The molecule has 18 heavy (non-hydrogen) atoms. The average molecular weight is 325 g/mol. The van der Waals surface area contributed by atoms with Gasteiger partial charge in [-0.05, 0) is 24.6 Å². The van der Waals surface area contributed by atoms with Gasteiger partial charge < -0.3 is 5.32 Å². The van der Waals surface area contributed by atoms with Crippen molar-refractivity contribution in [2.24, 2.45) is 0 Å². The summed E-state index contributed by atoms with van der Waals surface area (Å²) < 4.78 is 1.11. The Kier molecular flexibility index (Phi) is 4.54. The first kappa shape index (κ1) is 13.7. The topological polar surface area (TPSA) is 24.9 Å². The highest BCUT2D eigenvalue weighted by Crippen LogP contribution is 2.30. The van der Waals surface area contributed by atoms with Gasteiger partial charge >= 0.3 is 0 Å². The van der Waals surface area contributed by atoms with Crippen LogP contribution in [-0.2, 0) is 6.54 Å². The number of thiazole rings is 1. The molecule has 0 aliphatic heterocycles. The maximum absolute atomic E-state index is 4.63. The molecule has 0 bridgehead atoms. The van der Waals surface area contributed by atoms with E-state index in [0.29, 0.717) is 6.04 Å². The van der Waals surface area contributed by atoms with E-state index in [1.807, 2.05) is 0 Å².